The van der Waals surface area contributed by atoms with Crippen molar-refractivity contribution < 1.29 is 20.1 Å². The van der Waals surface area contributed by atoms with Gasteiger partial charge in [0.25, 0.3) is 0 Å². The Morgan fingerprint density at radius 1 is 0.923 bits per heavy atom. The molecular formula is C17H27ClN4O4. The van der Waals surface area contributed by atoms with Crippen LogP contribution in [0.5, 0.6) is 0 Å². The molecule has 1 unspecified atom stereocenters. The first-order chi connectivity index (χ1) is 11.9. The topological polar surface area (TPSA) is 148 Å². The molecule has 3 atom stereocenters. The van der Waals surface area contributed by atoms with E-state index < -0.39 is 24.7 Å². The van der Waals surface area contributed by atoms with Crippen molar-refractivity contribution in [3.63, 3.8) is 0 Å². The average molecular weight is 387 g/mol. The minimum atomic E-state index is -1.47. The van der Waals surface area contributed by atoms with Crippen molar-refractivity contribution in [3.05, 3.63) is 60.2 Å². The van der Waals surface area contributed by atoms with Crippen LogP contribution in [0, 0.1) is 0 Å². The molecule has 26 heavy (non-hydrogen) atoms. The third-order valence-corrected chi connectivity index (χ3v) is 3.38. The fourth-order valence-corrected chi connectivity index (χ4v) is 1.96. The molecule has 0 amide bonds. The highest BCUT2D eigenvalue weighted by Crippen LogP contribution is 2.03. The van der Waals surface area contributed by atoms with E-state index in [4.69, 9.17) is 26.4 Å². The zero-order valence-electron chi connectivity index (χ0n) is 14.5. The number of nitrogens with two attached hydrogens (primary N) is 2. The van der Waals surface area contributed by atoms with Crippen LogP contribution in [0.25, 0.3) is 0 Å². The van der Waals surface area contributed by atoms with E-state index in [1.807, 2.05) is 18.2 Å². The Bertz CT molecular complexity index is 577. The molecule has 2 rings (SSSR count). The first-order valence-electron chi connectivity index (χ1n) is 7.80. The smallest absolute Gasteiger partial charge is 0.169 e. The maximum Gasteiger partial charge on any atom is 0.169 e. The summed E-state index contributed by atoms with van der Waals surface area (Å²) in [6, 6.07) is 6.32. The van der Waals surface area contributed by atoms with E-state index in [-0.39, 0.29) is 12.4 Å². The molecule has 0 radical (unpaired) electrons. The molecule has 0 aliphatic rings. The molecule has 2 aromatic heterocycles. The Morgan fingerprint density at radius 3 is 1.73 bits per heavy atom. The van der Waals surface area contributed by atoms with E-state index >= 15 is 0 Å². The van der Waals surface area contributed by atoms with Crippen molar-refractivity contribution in [2.75, 3.05) is 7.11 Å². The van der Waals surface area contributed by atoms with Gasteiger partial charge >= 0.3 is 0 Å². The molecule has 146 valence electrons. The van der Waals surface area contributed by atoms with Crippen LogP contribution in [0.1, 0.15) is 11.1 Å². The van der Waals surface area contributed by atoms with Crippen LogP contribution in [0.3, 0.4) is 0 Å². The maximum atomic E-state index is 9.22. The minimum Gasteiger partial charge on any atom is -0.367 e. The largest absolute Gasteiger partial charge is 0.367 e. The highest BCUT2D eigenvalue weighted by molar-refractivity contribution is 5.85. The molecule has 2 heterocycles. The van der Waals surface area contributed by atoms with Gasteiger partial charge in [0.05, 0.1) is 12.1 Å². The monoisotopic (exact) mass is 386 g/mol. The fourth-order valence-electron chi connectivity index (χ4n) is 1.96. The zero-order valence-corrected chi connectivity index (χ0v) is 15.4. The molecule has 0 fully saturated rings. The maximum absolute atomic E-state index is 9.22. The molecule has 0 spiro atoms. The first-order valence-corrected chi connectivity index (χ1v) is 7.80. The standard InChI is InChI=1S/C9H14N2O2.C8H12N2O2.ClH/c1-13-9(12)8(10)5-7-3-2-4-11-6-7;9-7(8(11)12)4-6-2-1-3-10-5-6;/h2-4,6,8-9,12H,5,10H2,1H3;1-3,5,7-8,11-12H,4,9H2;1H/t8-,9?;7-;/m11./s1. The molecule has 9 heteroatoms. The number of methoxy groups -OCH3 is 1. The SMILES string of the molecule is COC(O)[C@H](N)Cc1cccnc1.Cl.N[C@H](Cc1cccnc1)C(O)O. The lowest BCUT2D eigenvalue weighted by molar-refractivity contribution is -0.0890. The van der Waals surface area contributed by atoms with Crippen molar-refractivity contribution >= 4 is 12.4 Å². The van der Waals surface area contributed by atoms with Crippen molar-refractivity contribution in [1.82, 2.24) is 9.97 Å². The van der Waals surface area contributed by atoms with Gasteiger partial charge in [-0.1, -0.05) is 12.1 Å². The summed E-state index contributed by atoms with van der Waals surface area (Å²) in [7, 11) is 1.42. The summed E-state index contributed by atoms with van der Waals surface area (Å²) in [5.74, 6) is 0. The summed E-state index contributed by atoms with van der Waals surface area (Å²) in [4.78, 5) is 7.82. The van der Waals surface area contributed by atoms with Crippen molar-refractivity contribution in [1.29, 1.82) is 0 Å². The first kappa shape index (κ1) is 24.4. The van der Waals surface area contributed by atoms with Crippen LogP contribution in [0.15, 0.2) is 49.1 Å². The molecule has 0 saturated heterocycles. The highest BCUT2D eigenvalue weighted by atomic mass is 35.5. The van der Waals surface area contributed by atoms with Gasteiger partial charge in [-0.05, 0) is 36.1 Å². The van der Waals surface area contributed by atoms with E-state index in [2.05, 4.69) is 9.97 Å². The quantitative estimate of drug-likeness (QED) is 0.404. The number of hydrogen-bond acceptors (Lipinski definition) is 8. The van der Waals surface area contributed by atoms with Gasteiger partial charge in [-0.25, -0.2) is 0 Å². The van der Waals surface area contributed by atoms with Crippen LogP contribution < -0.4 is 11.5 Å². The molecule has 0 bridgehead atoms. The predicted octanol–water partition coefficient (Wildman–Crippen LogP) is -0.400. The molecule has 0 aliphatic heterocycles. The van der Waals surface area contributed by atoms with Crippen molar-refractivity contribution in [3.8, 4) is 0 Å². The Morgan fingerprint density at radius 2 is 1.38 bits per heavy atom. The lowest BCUT2D eigenvalue weighted by atomic mass is 10.1. The number of aromatic nitrogens is 2. The molecule has 0 aliphatic carbocycles. The molecule has 8 nitrogen and oxygen atoms in total. The lowest BCUT2D eigenvalue weighted by Gasteiger charge is -2.16. The number of pyridine rings is 2. The Labute approximate surface area is 159 Å². The number of hydrogen-bond donors (Lipinski definition) is 5. The molecular weight excluding hydrogens is 360 g/mol. The van der Waals surface area contributed by atoms with Gasteiger partial charge in [0.15, 0.2) is 12.6 Å². The summed E-state index contributed by atoms with van der Waals surface area (Å²) in [5.41, 5.74) is 13.0. The predicted molar refractivity (Wildman–Crippen MR) is 100 cm³/mol. The number of nitrogens with zero attached hydrogens (tertiary/aromatic N) is 2. The summed E-state index contributed by atoms with van der Waals surface area (Å²) in [6.07, 6.45) is 5.33. The van der Waals surface area contributed by atoms with E-state index in [1.165, 1.54) is 7.11 Å². The van der Waals surface area contributed by atoms with Crippen LogP contribution >= 0.6 is 12.4 Å². The van der Waals surface area contributed by atoms with Crippen molar-refractivity contribution in [2.24, 2.45) is 11.5 Å². The van der Waals surface area contributed by atoms with Gasteiger partial charge in [0, 0.05) is 31.9 Å². The molecule has 0 saturated carbocycles. The number of halogens is 1. The molecule has 2 aromatic rings. The van der Waals surface area contributed by atoms with Gasteiger partial charge in [0.2, 0.25) is 0 Å². The number of aliphatic hydroxyl groups excluding tert-OH is 2. The van der Waals surface area contributed by atoms with Gasteiger partial charge in [-0.2, -0.15) is 0 Å². The Hall–Kier alpha value is -1.65. The van der Waals surface area contributed by atoms with Crippen LogP contribution in [-0.4, -0.2) is 57.1 Å². The van der Waals surface area contributed by atoms with Gasteiger partial charge in [-0.15, -0.1) is 12.4 Å². The zero-order chi connectivity index (χ0) is 18.7. The van der Waals surface area contributed by atoms with E-state index in [0.717, 1.165) is 11.1 Å². The molecule has 0 aromatic carbocycles. The Kier molecular flexibility index (Phi) is 12.7. The second-order valence-electron chi connectivity index (χ2n) is 5.50. The van der Waals surface area contributed by atoms with Crippen LogP contribution in [0.4, 0.5) is 0 Å². The van der Waals surface area contributed by atoms with Crippen LogP contribution in [-0.2, 0) is 17.6 Å². The van der Waals surface area contributed by atoms with Crippen LogP contribution in [0.2, 0.25) is 0 Å². The number of aliphatic hydroxyl groups is 3. The third-order valence-electron chi connectivity index (χ3n) is 3.38. The summed E-state index contributed by atoms with van der Waals surface area (Å²) in [5, 5.41) is 26.6. The highest BCUT2D eigenvalue weighted by Gasteiger charge is 2.13. The molecule has 7 N–H and O–H groups in total. The summed E-state index contributed by atoms with van der Waals surface area (Å²) in [6.45, 7) is 0. The van der Waals surface area contributed by atoms with Crippen molar-refractivity contribution in [2.45, 2.75) is 37.5 Å². The second-order valence-corrected chi connectivity index (χ2v) is 5.50. The minimum absolute atomic E-state index is 0. The number of rotatable bonds is 7. The third kappa shape index (κ3) is 9.73. The average Bonchev–Trinajstić information content (AvgIpc) is 2.63. The summed E-state index contributed by atoms with van der Waals surface area (Å²) >= 11 is 0. The van der Waals surface area contributed by atoms with Gasteiger partial charge in [0.1, 0.15) is 0 Å². The lowest BCUT2D eigenvalue weighted by Crippen LogP contribution is -2.37. The van der Waals surface area contributed by atoms with E-state index in [0.29, 0.717) is 12.8 Å². The normalized spacial score (nSPS) is 13.8. The Balaban J connectivity index is 0.000000464. The summed E-state index contributed by atoms with van der Waals surface area (Å²) < 4.78 is 4.69. The van der Waals surface area contributed by atoms with Gasteiger partial charge < -0.3 is 31.5 Å². The second kappa shape index (κ2) is 13.5. The number of ether oxygens (including phenoxy) is 1. The van der Waals surface area contributed by atoms with E-state index in [1.54, 1.807) is 30.9 Å². The fraction of sp³-hybridized carbons (Fsp3) is 0.412. The van der Waals surface area contributed by atoms with E-state index in [9.17, 15) is 5.11 Å². The van der Waals surface area contributed by atoms with Gasteiger partial charge in [-0.3, -0.25) is 9.97 Å².